The Morgan fingerprint density at radius 2 is 2.15 bits per heavy atom. The molecule has 0 saturated carbocycles. The Morgan fingerprint density at radius 3 is 2.75 bits per heavy atom. The molecule has 108 valence electrons. The summed E-state index contributed by atoms with van der Waals surface area (Å²) in [5.41, 5.74) is 0.332. The molecule has 0 bridgehead atoms. The van der Waals surface area contributed by atoms with Crippen LogP contribution in [-0.4, -0.2) is 43.7 Å². The van der Waals surface area contributed by atoms with Crippen molar-refractivity contribution >= 4 is 15.7 Å². The molecule has 0 radical (unpaired) electrons. The van der Waals surface area contributed by atoms with Gasteiger partial charge >= 0.3 is 0 Å². The zero-order valence-electron chi connectivity index (χ0n) is 10.7. The Morgan fingerprint density at radius 1 is 1.30 bits per heavy atom. The normalized spacial score (nSPS) is 11.2. The van der Waals surface area contributed by atoms with Crippen LogP contribution in [-0.2, 0) is 14.8 Å². The molecule has 0 aliphatic heterocycles. The van der Waals surface area contributed by atoms with Crippen molar-refractivity contribution in [1.29, 1.82) is 0 Å². The second-order valence-electron chi connectivity index (χ2n) is 3.75. The van der Waals surface area contributed by atoms with Crippen molar-refractivity contribution in [3.05, 3.63) is 30.9 Å². The van der Waals surface area contributed by atoms with Crippen LogP contribution in [0, 0.1) is 0 Å². The molecule has 2 rings (SSSR count). The van der Waals surface area contributed by atoms with Gasteiger partial charge in [0.1, 0.15) is 6.61 Å². The summed E-state index contributed by atoms with van der Waals surface area (Å²) in [6.07, 6.45) is 3.88. The number of sulfonamides is 1. The van der Waals surface area contributed by atoms with Crippen molar-refractivity contribution in [2.75, 3.05) is 25.0 Å². The van der Waals surface area contributed by atoms with Gasteiger partial charge in [-0.15, -0.1) is 0 Å². The number of pyridine rings is 1. The Kier molecular flexibility index (Phi) is 4.53. The van der Waals surface area contributed by atoms with Crippen LogP contribution in [0.4, 0.5) is 5.69 Å². The fourth-order valence-corrected chi connectivity index (χ4v) is 2.30. The monoisotopic (exact) mass is 298 g/mol. The van der Waals surface area contributed by atoms with Gasteiger partial charge in [-0.05, 0) is 6.07 Å². The van der Waals surface area contributed by atoms with E-state index in [0.29, 0.717) is 24.8 Å². The maximum Gasteiger partial charge on any atom is 0.279 e. The Labute approximate surface area is 116 Å². The fraction of sp³-hybridized carbons (Fsp3) is 0.273. The van der Waals surface area contributed by atoms with Crippen molar-refractivity contribution in [2.45, 2.75) is 5.03 Å². The van der Waals surface area contributed by atoms with Gasteiger partial charge in [-0.2, -0.15) is 8.42 Å². The van der Waals surface area contributed by atoms with Gasteiger partial charge in [0, 0.05) is 13.2 Å². The third kappa shape index (κ3) is 3.68. The Hall–Kier alpha value is -2.13. The minimum Gasteiger partial charge on any atom is -0.475 e. The molecule has 0 spiro atoms. The second-order valence-corrected chi connectivity index (χ2v) is 5.40. The van der Waals surface area contributed by atoms with E-state index in [1.54, 1.807) is 19.2 Å². The van der Waals surface area contributed by atoms with E-state index in [1.165, 1.54) is 18.7 Å². The molecule has 2 heterocycles. The van der Waals surface area contributed by atoms with E-state index in [4.69, 9.17) is 9.47 Å². The predicted octanol–water partition coefficient (Wildman–Crippen LogP) is 0.631. The average molecular weight is 298 g/mol. The van der Waals surface area contributed by atoms with Crippen molar-refractivity contribution in [3.8, 4) is 5.88 Å². The molecule has 9 heteroatoms. The predicted molar refractivity (Wildman–Crippen MR) is 71.0 cm³/mol. The summed E-state index contributed by atoms with van der Waals surface area (Å²) in [6.45, 7) is 0.832. The molecule has 20 heavy (non-hydrogen) atoms. The van der Waals surface area contributed by atoms with Crippen LogP contribution >= 0.6 is 0 Å². The highest BCUT2D eigenvalue weighted by atomic mass is 32.2. The minimum atomic E-state index is -3.67. The molecule has 0 atom stereocenters. The summed E-state index contributed by atoms with van der Waals surface area (Å²) < 4.78 is 36.3. The van der Waals surface area contributed by atoms with Gasteiger partial charge in [0.25, 0.3) is 10.0 Å². The molecule has 8 nitrogen and oxygen atoms in total. The van der Waals surface area contributed by atoms with Crippen LogP contribution in [0.15, 0.2) is 35.9 Å². The van der Waals surface area contributed by atoms with E-state index in [2.05, 4.69) is 19.7 Å². The topological polar surface area (TPSA) is 106 Å². The lowest BCUT2D eigenvalue weighted by Gasteiger charge is -2.07. The smallest absolute Gasteiger partial charge is 0.279 e. The lowest BCUT2D eigenvalue weighted by molar-refractivity contribution is 0.144. The first-order valence-electron chi connectivity index (χ1n) is 5.71. The van der Waals surface area contributed by atoms with E-state index in [-0.39, 0.29) is 5.03 Å². The number of hydrogen-bond acceptors (Lipinski definition) is 6. The summed E-state index contributed by atoms with van der Waals surface area (Å²) in [6, 6.07) is 3.13. The molecule has 0 aliphatic rings. The number of H-pyrrole nitrogens is 1. The van der Waals surface area contributed by atoms with Gasteiger partial charge in [-0.25, -0.2) is 9.97 Å². The van der Waals surface area contributed by atoms with Crippen LogP contribution in [0.1, 0.15) is 0 Å². The van der Waals surface area contributed by atoms with Gasteiger partial charge < -0.3 is 14.5 Å². The number of methoxy groups -OCH3 is 1. The molecule has 2 N–H and O–H groups in total. The maximum atomic E-state index is 11.9. The number of imidazole rings is 1. The summed E-state index contributed by atoms with van der Waals surface area (Å²) >= 11 is 0. The Balaban J connectivity index is 2.00. The molecule has 0 saturated heterocycles. The first-order valence-corrected chi connectivity index (χ1v) is 7.19. The highest BCUT2D eigenvalue weighted by molar-refractivity contribution is 7.92. The van der Waals surface area contributed by atoms with E-state index >= 15 is 0 Å². The highest BCUT2D eigenvalue weighted by Crippen LogP contribution is 2.15. The lowest BCUT2D eigenvalue weighted by Crippen LogP contribution is -2.13. The number of anilines is 1. The number of aromatic amines is 1. The van der Waals surface area contributed by atoms with Gasteiger partial charge in [0.05, 0.1) is 31.0 Å². The molecule has 0 fully saturated rings. The van der Waals surface area contributed by atoms with Crippen LogP contribution in [0.25, 0.3) is 0 Å². The molecule has 0 aliphatic carbocycles. The quantitative estimate of drug-likeness (QED) is 0.726. The Bertz CT molecular complexity index is 625. The van der Waals surface area contributed by atoms with E-state index in [1.807, 2.05) is 0 Å². The molecule has 0 unspecified atom stereocenters. The van der Waals surface area contributed by atoms with Gasteiger partial charge in [-0.1, -0.05) is 0 Å². The molecule has 2 aromatic rings. The van der Waals surface area contributed by atoms with Crippen molar-refractivity contribution in [2.24, 2.45) is 0 Å². The highest BCUT2D eigenvalue weighted by Gasteiger charge is 2.15. The van der Waals surface area contributed by atoms with Gasteiger partial charge in [-0.3, -0.25) is 4.72 Å². The second kappa shape index (κ2) is 6.35. The largest absolute Gasteiger partial charge is 0.475 e. The lowest BCUT2D eigenvalue weighted by atomic mass is 10.4. The van der Waals surface area contributed by atoms with Crippen LogP contribution in [0.2, 0.25) is 0 Å². The zero-order valence-corrected chi connectivity index (χ0v) is 11.6. The summed E-state index contributed by atoms with van der Waals surface area (Å²) in [7, 11) is -2.10. The number of aromatic nitrogens is 3. The van der Waals surface area contributed by atoms with E-state index in [0.717, 1.165) is 0 Å². The molecular formula is C11H14N4O4S. The zero-order chi connectivity index (χ0) is 14.4. The fourth-order valence-electron chi connectivity index (χ4n) is 1.36. The number of ether oxygens (including phenoxy) is 2. The standard InChI is InChI=1S/C11H14N4O4S/c1-18-4-5-19-10-3-2-9(6-13-10)15-20(16,17)11-7-12-8-14-11/h2-3,6-8,15H,4-5H2,1H3,(H,12,14). The van der Waals surface area contributed by atoms with Gasteiger partial charge in [0.15, 0.2) is 5.03 Å². The first-order chi connectivity index (χ1) is 9.62. The number of rotatable bonds is 7. The molecule has 0 amide bonds. The third-order valence-electron chi connectivity index (χ3n) is 2.29. The average Bonchev–Trinajstić information content (AvgIpc) is 2.95. The molecule has 0 aromatic carbocycles. The first kappa shape index (κ1) is 14.3. The van der Waals surface area contributed by atoms with Crippen LogP contribution in [0.3, 0.4) is 0 Å². The number of nitrogens with zero attached hydrogens (tertiary/aromatic N) is 2. The van der Waals surface area contributed by atoms with E-state index < -0.39 is 10.0 Å². The maximum absolute atomic E-state index is 11.9. The van der Waals surface area contributed by atoms with Crippen molar-refractivity contribution in [3.63, 3.8) is 0 Å². The minimum absolute atomic E-state index is 0.0158. The van der Waals surface area contributed by atoms with Crippen LogP contribution in [0.5, 0.6) is 5.88 Å². The summed E-state index contributed by atoms with van der Waals surface area (Å²) in [5.74, 6) is 0.395. The van der Waals surface area contributed by atoms with Crippen molar-refractivity contribution < 1.29 is 17.9 Å². The SMILES string of the molecule is COCCOc1ccc(NS(=O)(=O)c2cnc[nH]2)cn1. The van der Waals surface area contributed by atoms with Crippen molar-refractivity contribution in [1.82, 2.24) is 15.0 Å². The van der Waals surface area contributed by atoms with Gasteiger partial charge in [0.2, 0.25) is 5.88 Å². The number of nitrogens with one attached hydrogen (secondary N) is 2. The third-order valence-corrected chi connectivity index (χ3v) is 3.60. The summed E-state index contributed by atoms with van der Waals surface area (Å²) in [4.78, 5) is 10.2. The van der Waals surface area contributed by atoms with Crippen LogP contribution < -0.4 is 9.46 Å². The number of hydrogen-bond donors (Lipinski definition) is 2. The molecular weight excluding hydrogens is 284 g/mol. The summed E-state index contributed by atoms with van der Waals surface area (Å²) in [5, 5.41) is -0.0158. The van der Waals surface area contributed by atoms with E-state index in [9.17, 15) is 8.42 Å². The molecule has 2 aromatic heterocycles.